The fraction of sp³-hybridized carbons (Fsp3) is 0.483. The Morgan fingerprint density at radius 1 is 0.974 bits per heavy atom. The Kier molecular flexibility index (Phi) is 9.70. The van der Waals surface area contributed by atoms with Gasteiger partial charge in [-0.05, 0) is 67.9 Å². The van der Waals surface area contributed by atoms with Gasteiger partial charge in [-0.2, -0.15) is 0 Å². The number of amides is 3. The molecule has 8 nitrogen and oxygen atoms in total. The van der Waals surface area contributed by atoms with E-state index in [1.807, 2.05) is 31.2 Å². The van der Waals surface area contributed by atoms with Crippen molar-refractivity contribution < 1.29 is 23.5 Å². The second kappa shape index (κ2) is 13.4. The van der Waals surface area contributed by atoms with Crippen molar-refractivity contribution in [3.05, 3.63) is 65.5 Å². The maximum atomic E-state index is 13.8. The van der Waals surface area contributed by atoms with Crippen LogP contribution < -0.4 is 26.0 Å². The number of hydrogen-bond acceptors (Lipinski definition) is 5. The summed E-state index contributed by atoms with van der Waals surface area (Å²) in [6.07, 6.45) is 4.39. The molecule has 9 heteroatoms. The van der Waals surface area contributed by atoms with E-state index in [9.17, 15) is 18.8 Å². The number of carbonyl (C=O) groups excluding carboxylic acids is 3. The first kappa shape index (κ1) is 27.6. The Bertz CT molecular complexity index is 1120. The van der Waals surface area contributed by atoms with Crippen molar-refractivity contribution in [3.63, 3.8) is 0 Å². The van der Waals surface area contributed by atoms with Crippen LogP contribution in [0.15, 0.2) is 48.5 Å². The topological polar surface area (TPSA) is 109 Å². The summed E-state index contributed by atoms with van der Waals surface area (Å²) in [5, 5.41) is 11.7. The summed E-state index contributed by atoms with van der Waals surface area (Å²) < 4.78 is 19.9. The molecule has 38 heavy (non-hydrogen) atoms. The molecule has 4 rings (SSSR count). The van der Waals surface area contributed by atoms with E-state index in [0.717, 1.165) is 37.0 Å². The molecule has 3 atom stereocenters. The van der Waals surface area contributed by atoms with E-state index in [1.54, 1.807) is 12.1 Å². The third-order valence-electron chi connectivity index (χ3n) is 6.86. The van der Waals surface area contributed by atoms with Gasteiger partial charge in [-0.25, -0.2) is 4.39 Å². The van der Waals surface area contributed by atoms with Crippen molar-refractivity contribution in [1.82, 2.24) is 21.3 Å². The molecule has 1 aliphatic carbocycles. The van der Waals surface area contributed by atoms with Crippen LogP contribution in [0, 0.1) is 11.7 Å². The first-order valence-corrected chi connectivity index (χ1v) is 13.4. The highest BCUT2D eigenvalue weighted by molar-refractivity contribution is 5.91. The van der Waals surface area contributed by atoms with Crippen LogP contribution in [-0.2, 0) is 27.2 Å². The summed E-state index contributed by atoms with van der Waals surface area (Å²) in [7, 11) is 0. The van der Waals surface area contributed by atoms with Crippen LogP contribution in [0.4, 0.5) is 4.39 Å². The van der Waals surface area contributed by atoms with Gasteiger partial charge in [0.15, 0.2) is 0 Å². The highest BCUT2D eigenvalue weighted by Crippen LogP contribution is 2.33. The highest BCUT2D eigenvalue weighted by atomic mass is 19.1. The van der Waals surface area contributed by atoms with E-state index in [4.69, 9.17) is 4.74 Å². The van der Waals surface area contributed by atoms with Crippen LogP contribution >= 0.6 is 0 Å². The summed E-state index contributed by atoms with van der Waals surface area (Å²) >= 11 is 0. The molecule has 2 aromatic rings. The van der Waals surface area contributed by atoms with Crippen LogP contribution in [0.3, 0.4) is 0 Å². The van der Waals surface area contributed by atoms with Crippen molar-refractivity contribution in [3.8, 4) is 5.75 Å². The van der Waals surface area contributed by atoms with E-state index in [1.165, 1.54) is 12.1 Å². The number of hydrogen-bond donors (Lipinski definition) is 4. The number of nitrogens with one attached hydrogen (secondary N) is 4. The van der Waals surface area contributed by atoms with E-state index in [-0.39, 0.29) is 36.6 Å². The summed E-state index contributed by atoms with van der Waals surface area (Å²) in [5.41, 5.74) is 1.69. The SMILES string of the molecule is C[C@H]1COc2ccccc2CCCNC(=O)[C@H](CC2CC2)NC(=O)CNC(=O)[C@@H](Cc2cccc(F)c2)N1. The molecule has 2 aliphatic rings. The Morgan fingerprint density at radius 3 is 2.55 bits per heavy atom. The van der Waals surface area contributed by atoms with Gasteiger partial charge in [-0.15, -0.1) is 0 Å². The molecule has 0 saturated heterocycles. The first-order valence-electron chi connectivity index (χ1n) is 13.4. The van der Waals surface area contributed by atoms with Crippen molar-refractivity contribution in [2.75, 3.05) is 19.7 Å². The van der Waals surface area contributed by atoms with Gasteiger partial charge in [-0.1, -0.05) is 43.2 Å². The van der Waals surface area contributed by atoms with Gasteiger partial charge in [-0.3, -0.25) is 19.7 Å². The van der Waals surface area contributed by atoms with E-state index in [0.29, 0.717) is 31.1 Å². The van der Waals surface area contributed by atoms with Crippen LogP contribution in [0.1, 0.15) is 43.7 Å². The highest BCUT2D eigenvalue weighted by Gasteiger charge is 2.30. The first-order chi connectivity index (χ1) is 18.4. The molecule has 0 bridgehead atoms. The smallest absolute Gasteiger partial charge is 0.242 e. The van der Waals surface area contributed by atoms with Crippen LogP contribution in [0.25, 0.3) is 0 Å². The fourth-order valence-electron chi connectivity index (χ4n) is 4.65. The third kappa shape index (κ3) is 8.55. The number of halogens is 1. The predicted molar refractivity (Wildman–Crippen MR) is 142 cm³/mol. The molecule has 0 spiro atoms. The van der Waals surface area contributed by atoms with E-state index >= 15 is 0 Å². The zero-order valence-electron chi connectivity index (χ0n) is 21.8. The Labute approximate surface area is 223 Å². The Morgan fingerprint density at radius 2 is 1.76 bits per heavy atom. The van der Waals surface area contributed by atoms with Gasteiger partial charge in [0.2, 0.25) is 17.7 Å². The molecule has 4 N–H and O–H groups in total. The summed E-state index contributed by atoms with van der Waals surface area (Å²) in [6, 6.07) is 12.3. The van der Waals surface area contributed by atoms with Crippen molar-refractivity contribution >= 4 is 17.7 Å². The predicted octanol–water partition coefficient (Wildman–Crippen LogP) is 2.26. The van der Waals surface area contributed by atoms with Gasteiger partial charge < -0.3 is 20.7 Å². The Hall–Kier alpha value is -3.46. The van der Waals surface area contributed by atoms with Gasteiger partial charge in [0.05, 0.1) is 12.6 Å². The second-order valence-corrected chi connectivity index (χ2v) is 10.3. The number of benzene rings is 2. The van der Waals surface area contributed by atoms with Crippen molar-refractivity contribution in [2.45, 2.75) is 63.6 Å². The Balaban J connectivity index is 1.51. The normalized spacial score (nSPS) is 24.1. The number of fused-ring (bicyclic) bond motifs is 1. The van der Waals surface area contributed by atoms with Crippen molar-refractivity contribution in [1.29, 1.82) is 0 Å². The zero-order valence-corrected chi connectivity index (χ0v) is 21.8. The lowest BCUT2D eigenvalue weighted by Crippen LogP contribution is -2.53. The average molecular weight is 525 g/mol. The van der Waals surface area contributed by atoms with E-state index in [2.05, 4.69) is 21.3 Å². The van der Waals surface area contributed by atoms with Crippen LogP contribution in [0.2, 0.25) is 0 Å². The maximum Gasteiger partial charge on any atom is 0.242 e. The molecular formula is C29H37FN4O4. The lowest BCUT2D eigenvalue weighted by Gasteiger charge is -2.24. The second-order valence-electron chi connectivity index (χ2n) is 10.3. The van der Waals surface area contributed by atoms with Crippen LogP contribution in [-0.4, -0.2) is 55.5 Å². The molecule has 0 aromatic heterocycles. The molecule has 1 aliphatic heterocycles. The zero-order chi connectivity index (χ0) is 26.9. The minimum absolute atomic E-state index is 0.206. The number of ether oxygens (including phenoxy) is 1. The average Bonchev–Trinajstić information content (AvgIpc) is 3.72. The number of carbonyl (C=O) groups is 3. The fourth-order valence-corrected chi connectivity index (χ4v) is 4.65. The number of para-hydroxylation sites is 1. The molecule has 3 amide bonds. The van der Waals surface area contributed by atoms with E-state index < -0.39 is 18.0 Å². The molecule has 2 aromatic carbocycles. The molecule has 1 saturated carbocycles. The summed E-state index contributed by atoms with van der Waals surface area (Å²) in [4.78, 5) is 38.7. The lowest BCUT2D eigenvalue weighted by molar-refractivity contribution is -0.130. The molecule has 1 fully saturated rings. The maximum absolute atomic E-state index is 13.8. The van der Waals surface area contributed by atoms with Gasteiger partial charge >= 0.3 is 0 Å². The molecule has 1 heterocycles. The van der Waals surface area contributed by atoms with Crippen LogP contribution in [0.5, 0.6) is 5.75 Å². The van der Waals surface area contributed by atoms with Gasteiger partial charge in [0.25, 0.3) is 0 Å². The van der Waals surface area contributed by atoms with Gasteiger partial charge in [0.1, 0.15) is 24.2 Å². The standard InChI is InChI=1S/C29H37FN4O4/c1-19-18-38-26-10-3-2-7-22(26)8-5-13-31-28(36)25(15-20-11-12-20)34-27(35)17-32-29(37)24(33-19)16-21-6-4-9-23(30)14-21/h2-4,6-7,9-10,14,19-20,24-25,33H,5,8,11-13,15-18H2,1H3,(H,31,36)(H,32,37)(H,34,35)/t19-,24+,25-/m0/s1. The number of aryl methyl sites for hydroxylation is 1. The lowest BCUT2D eigenvalue weighted by atomic mass is 10.0. The van der Waals surface area contributed by atoms with Crippen molar-refractivity contribution in [2.24, 2.45) is 5.92 Å². The molecular weight excluding hydrogens is 487 g/mol. The monoisotopic (exact) mass is 524 g/mol. The third-order valence-corrected chi connectivity index (χ3v) is 6.86. The molecule has 0 unspecified atom stereocenters. The minimum Gasteiger partial charge on any atom is -0.492 e. The summed E-state index contributed by atoms with van der Waals surface area (Å²) in [5.74, 6) is -0.198. The molecule has 0 radical (unpaired) electrons. The van der Waals surface area contributed by atoms with Gasteiger partial charge in [0, 0.05) is 12.6 Å². The quantitative estimate of drug-likeness (QED) is 0.491. The summed E-state index contributed by atoms with van der Waals surface area (Å²) in [6.45, 7) is 2.45. The largest absolute Gasteiger partial charge is 0.492 e. The number of rotatable bonds is 4. The molecule has 204 valence electrons. The minimum atomic E-state index is -0.720.